The highest BCUT2D eigenvalue weighted by atomic mass is 14.9. The van der Waals surface area contributed by atoms with Crippen LogP contribution < -0.4 is 5.32 Å². The van der Waals surface area contributed by atoms with Gasteiger partial charge in [-0.05, 0) is 56.0 Å². The molecule has 0 heterocycles. The number of hydrogen-bond acceptors (Lipinski definition) is 1. The molecule has 102 valence electrons. The SMILES string of the molecule is CC(CNC(C)(C)C)Cc1cccc2ccccc12. The zero-order chi connectivity index (χ0) is 13.9. The molecule has 1 nitrogen and oxygen atoms in total. The van der Waals surface area contributed by atoms with Crippen molar-refractivity contribution >= 4 is 10.8 Å². The average molecular weight is 255 g/mol. The molecule has 0 aromatic heterocycles. The largest absolute Gasteiger partial charge is 0.312 e. The van der Waals surface area contributed by atoms with Gasteiger partial charge in [0, 0.05) is 5.54 Å². The number of benzene rings is 2. The third-order valence-corrected chi connectivity index (χ3v) is 3.43. The Kier molecular flexibility index (Phi) is 4.26. The molecule has 0 aliphatic rings. The molecular formula is C18H25N. The zero-order valence-electron chi connectivity index (χ0n) is 12.5. The zero-order valence-corrected chi connectivity index (χ0v) is 12.5. The van der Waals surface area contributed by atoms with Crippen LogP contribution in [0.2, 0.25) is 0 Å². The molecule has 2 rings (SSSR count). The van der Waals surface area contributed by atoms with Crippen LogP contribution in [0.15, 0.2) is 42.5 Å². The van der Waals surface area contributed by atoms with Crippen molar-refractivity contribution in [3.8, 4) is 0 Å². The Morgan fingerprint density at radius 1 is 1.00 bits per heavy atom. The van der Waals surface area contributed by atoms with Crippen LogP contribution in [0.1, 0.15) is 33.3 Å². The topological polar surface area (TPSA) is 12.0 Å². The molecule has 2 aromatic rings. The molecule has 1 atom stereocenters. The molecule has 0 aliphatic carbocycles. The Labute approximate surface area is 117 Å². The van der Waals surface area contributed by atoms with Crippen LogP contribution in [0.3, 0.4) is 0 Å². The number of hydrogen-bond donors (Lipinski definition) is 1. The molecule has 0 fully saturated rings. The number of fused-ring (bicyclic) bond motifs is 1. The van der Waals surface area contributed by atoms with E-state index in [0.29, 0.717) is 5.92 Å². The van der Waals surface area contributed by atoms with E-state index in [4.69, 9.17) is 0 Å². The Balaban J connectivity index is 2.09. The van der Waals surface area contributed by atoms with Gasteiger partial charge in [0.25, 0.3) is 0 Å². The molecule has 0 saturated heterocycles. The van der Waals surface area contributed by atoms with Gasteiger partial charge >= 0.3 is 0 Å². The summed E-state index contributed by atoms with van der Waals surface area (Å²) in [6.45, 7) is 10.0. The maximum Gasteiger partial charge on any atom is 0.00966 e. The predicted molar refractivity (Wildman–Crippen MR) is 84.6 cm³/mol. The van der Waals surface area contributed by atoms with E-state index in [1.54, 1.807) is 0 Å². The van der Waals surface area contributed by atoms with E-state index in [1.807, 2.05) is 0 Å². The van der Waals surface area contributed by atoms with Crippen LogP contribution in [0.4, 0.5) is 0 Å². The summed E-state index contributed by atoms with van der Waals surface area (Å²) >= 11 is 0. The van der Waals surface area contributed by atoms with Crippen LogP contribution in [-0.4, -0.2) is 12.1 Å². The molecule has 1 N–H and O–H groups in total. The molecular weight excluding hydrogens is 230 g/mol. The Morgan fingerprint density at radius 3 is 2.42 bits per heavy atom. The maximum absolute atomic E-state index is 3.59. The highest BCUT2D eigenvalue weighted by molar-refractivity contribution is 5.85. The lowest BCUT2D eigenvalue weighted by Gasteiger charge is -2.23. The van der Waals surface area contributed by atoms with Gasteiger partial charge in [-0.15, -0.1) is 0 Å². The Morgan fingerprint density at radius 2 is 1.68 bits per heavy atom. The molecule has 1 unspecified atom stereocenters. The van der Waals surface area contributed by atoms with Gasteiger partial charge in [0.15, 0.2) is 0 Å². The van der Waals surface area contributed by atoms with Crippen molar-refractivity contribution in [3.05, 3.63) is 48.0 Å². The van der Waals surface area contributed by atoms with Crippen LogP contribution in [0.25, 0.3) is 10.8 Å². The fraction of sp³-hybridized carbons (Fsp3) is 0.444. The van der Waals surface area contributed by atoms with Gasteiger partial charge in [0.05, 0.1) is 0 Å². The second-order valence-electron chi connectivity index (χ2n) is 6.58. The van der Waals surface area contributed by atoms with Crippen LogP contribution in [0, 0.1) is 5.92 Å². The summed E-state index contributed by atoms with van der Waals surface area (Å²) < 4.78 is 0. The molecule has 2 aromatic carbocycles. The highest BCUT2D eigenvalue weighted by Crippen LogP contribution is 2.21. The summed E-state index contributed by atoms with van der Waals surface area (Å²) in [6, 6.07) is 15.3. The number of rotatable bonds is 4. The summed E-state index contributed by atoms with van der Waals surface area (Å²) in [5.41, 5.74) is 1.66. The predicted octanol–water partition coefficient (Wildman–Crippen LogP) is 4.41. The fourth-order valence-electron chi connectivity index (χ4n) is 2.40. The normalized spacial score (nSPS) is 13.7. The van der Waals surface area contributed by atoms with Crippen molar-refractivity contribution < 1.29 is 0 Å². The minimum Gasteiger partial charge on any atom is -0.312 e. The monoisotopic (exact) mass is 255 g/mol. The smallest absolute Gasteiger partial charge is 0.00966 e. The molecule has 0 aliphatic heterocycles. The Bertz CT molecular complexity index is 531. The van der Waals surface area contributed by atoms with Gasteiger partial charge in [-0.2, -0.15) is 0 Å². The molecule has 0 saturated carbocycles. The van der Waals surface area contributed by atoms with E-state index in [-0.39, 0.29) is 5.54 Å². The van der Waals surface area contributed by atoms with E-state index >= 15 is 0 Å². The Hall–Kier alpha value is -1.34. The highest BCUT2D eigenvalue weighted by Gasteiger charge is 2.12. The first-order chi connectivity index (χ1) is 8.96. The average Bonchev–Trinajstić information content (AvgIpc) is 2.36. The summed E-state index contributed by atoms with van der Waals surface area (Å²) in [6.07, 6.45) is 1.13. The van der Waals surface area contributed by atoms with Gasteiger partial charge in [-0.3, -0.25) is 0 Å². The molecule has 0 radical (unpaired) electrons. The summed E-state index contributed by atoms with van der Waals surface area (Å²) in [5, 5.41) is 6.33. The first-order valence-electron chi connectivity index (χ1n) is 7.17. The second kappa shape index (κ2) is 5.75. The minimum atomic E-state index is 0.201. The molecule has 0 spiro atoms. The molecule has 0 amide bonds. The molecule has 0 bridgehead atoms. The van der Waals surface area contributed by atoms with Crippen molar-refractivity contribution in [1.29, 1.82) is 0 Å². The third kappa shape index (κ3) is 4.07. The summed E-state index contributed by atoms with van der Waals surface area (Å²) in [7, 11) is 0. The number of nitrogens with one attached hydrogen (secondary N) is 1. The first kappa shape index (κ1) is 14.1. The lowest BCUT2D eigenvalue weighted by molar-refractivity contribution is 0.382. The van der Waals surface area contributed by atoms with Gasteiger partial charge in [-0.25, -0.2) is 0 Å². The van der Waals surface area contributed by atoms with Crippen molar-refractivity contribution in [2.75, 3.05) is 6.54 Å². The van der Waals surface area contributed by atoms with Gasteiger partial charge in [0.2, 0.25) is 0 Å². The van der Waals surface area contributed by atoms with Crippen LogP contribution >= 0.6 is 0 Å². The van der Waals surface area contributed by atoms with E-state index < -0.39 is 0 Å². The standard InChI is InChI=1S/C18H25N/c1-14(13-19-18(2,3)4)12-16-10-7-9-15-8-5-6-11-17(15)16/h5-11,14,19H,12-13H2,1-4H3. The van der Waals surface area contributed by atoms with Gasteiger partial charge in [-0.1, -0.05) is 49.4 Å². The fourth-order valence-corrected chi connectivity index (χ4v) is 2.40. The second-order valence-corrected chi connectivity index (χ2v) is 6.58. The van der Waals surface area contributed by atoms with E-state index in [1.165, 1.54) is 16.3 Å². The van der Waals surface area contributed by atoms with E-state index in [9.17, 15) is 0 Å². The van der Waals surface area contributed by atoms with Gasteiger partial charge < -0.3 is 5.32 Å². The molecule has 1 heteroatoms. The van der Waals surface area contributed by atoms with Gasteiger partial charge in [0.1, 0.15) is 0 Å². The minimum absolute atomic E-state index is 0.201. The van der Waals surface area contributed by atoms with Crippen molar-refractivity contribution in [3.63, 3.8) is 0 Å². The quantitative estimate of drug-likeness (QED) is 0.853. The maximum atomic E-state index is 3.59. The van der Waals surface area contributed by atoms with E-state index in [0.717, 1.165) is 13.0 Å². The van der Waals surface area contributed by atoms with Crippen molar-refractivity contribution in [2.24, 2.45) is 5.92 Å². The third-order valence-electron chi connectivity index (χ3n) is 3.43. The van der Waals surface area contributed by atoms with Crippen molar-refractivity contribution in [1.82, 2.24) is 5.32 Å². The lowest BCUT2D eigenvalue weighted by Crippen LogP contribution is -2.39. The molecule has 19 heavy (non-hydrogen) atoms. The van der Waals surface area contributed by atoms with Crippen LogP contribution in [0.5, 0.6) is 0 Å². The van der Waals surface area contributed by atoms with E-state index in [2.05, 4.69) is 75.5 Å². The first-order valence-corrected chi connectivity index (χ1v) is 7.17. The lowest BCUT2D eigenvalue weighted by atomic mass is 9.95. The summed E-state index contributed by atoms with van der Waals surface area (Å²) in [4.78, 5) is 0. The summed E-state index contributed by atoms with van der Waals surface area (Å²) in [5.74, 6) is 0.644. The van der Waals surface area contributed by atoms with Crippen molar-refractivity contribution in [2.45, 2.75) is 39.7 Å². The van der Waals surface area contributed by atoms with Crippen LogP contribution in [-0.2, 0) is 6.42 Å².